The molecule has 0 aliphatic carbocycles. The van der Waals surface area contributed by atoms with Gasteiger partial charge in [0.1, 0.15) is 0 Å². The normalized spacial score (nSPS) is 10.4. The molecule has 1 amide bonds. The Kier molecular flexibility index (Phi) is 5.56. The third-order valence-corrected chi connectivity index (χ3v) is 3.60. The molecular formula is C19H23NO. The molecule has 2 nitrogen and oxygen atoms in total. The van der Waals surface area contributed by atoms with Crippen molar-refractivity contribution in [1.29, 1.82) is 0 Å². The topological polar surface area (TPSA) is 29.1 Å². The standard InChI is InChI=1S/C19H23NO/c1-15-6-10-17(11-7-15)4-3-5-19(21)20-14-18-12-8-16(2)9-13-18/h6-13H,3-5,14H2,1-2H3,(H,20,21). The Balaban J connectivity index is 1.67. The second-order valence-corrected chi connectivity index (χ2v) is 5.60. The van der Waals surface area contributed by atoms with Crippen molar-refractivity contribution in [2.75, 3.05) is 0 Å². The first-order valence-corrected chi connectivity index (χ1v) is 7.51. The maximum absolute atomic E-state index is 11.8. The summed E-state index contributed by atoms with van der Waals surface area (Å²) >= 11 is 0. The van der Waals surface area contributed by atoms with E-state index in [2.05, 4.69) is 67.7 Å². The Morgan fingerprint density at radius 2 is 1.38 bits per heavy atom. The van der Waals surface area contributed by atoms with Crippen LogP contribution in [0.5, 0.6) is 0 Å². The predicted molar refractivity (Wildman–Crippen MR) is 87.1 cm³/mol. The minimum Gasteiger partial charge on any atom is -0.352 e. The maximum atomic E-state index is 11.8. The third kappa shape index (κ3) is 5.42. The van der Waals surface area contributed by atoms with Gasteiger partial charge >= 0.3 is 0 Å². The molecule has 0 fully saturated rings. The quantitative estimate of drug-likeness (QED) is 0.853. The van der Waals surface area contributed by atoms with Gasteiger partial charge in [0.05, 0.1) is 0 Å². The summed E-state index contributed by atoms with van der Waals surface area (Å²) in [7, 11) is 0. The second kappa shape index (κ2) is 7.63. The average Bonchev–Trinajstić information content (AvgIpc) is 2.49. The Morgan fingerprint density at radius 1 is 0.857 bits per heavy atom. The fourth-order valence-electron chi connectivity index (χ4n) is 2.20. The number of carbonyl (C=O) groups excluding carboxylic acids is 1. The smallest absolute Gasteiger partial charge is 0.220 e. The molecule has 0 spiro atoms. The van der Waals surface area contributed by atoms with Gasteiger partial charge < -0.3 is 5.32 Å². The number of amides is 1. The molecule has 0 aliphatic rings. The van der Waals surface area contributed by atoms with Crippen molar-refractivity contribution in [3.8, 4) is 0 Å². The van der Waals surface area contributed by atoms with Crippen LogP contribution in [0, 0.1) is 13.8 Å². The highest BCUT2D eigenvalue weighted by Crippen LogP contribution is 2.07. The SMILES string of the molecule is Cc1ccc(CCCC(=O)NCc2ccc(C)cc2)cc1. The van der Waals surface area contributed by atoms with Gasteiger partial charge in [-0.2, -0.15) is 0 Å². The molecule has 0 saturated carbocycles. The van der Waals surface area contributed by atoms with Gasteiger partial charge in [0.2, 0.25) is 5.91 Å². The van der Waals surface area contributed by atoms with Gasteiger partial charge in [-0.05, 0) is 37.8 Å². The van der Waals surface area contributed by atoms with Crippen molar-refractivity contribution in [2.45, 2.75) is 39.7 Å². The van der Waals surface area contributed by atoms with Gasteiger partial charge in [-0.1, -0.05) is 59.7 Å². The Bertz CT molecular complexity index is 570. The number of nitrogens with one attached hydrogen (secondary N) is 1. The first kappa shape index (κ1) is 15.3. The van der Waals surface area contributed by atoms with E-state index in [-0.39, 0.29) is 5.91 Å². The highest BCUT2D eigenvalue weighted by Gasteiger charge is 2.02. The van der Waals surface area contributed by atoms with Crippen LogP contribution in [0.25, 0.3) is 0 Å². The molecule has 2 aromatic carbocycles. The fourth-order valence-corrected chi connectivity index (χ4v) is 2.20. The van der Waals surface area contributed by atoms with E-state index in [4.69, 9.17) is 0 Å². The van der Waals surface area contributed by atoms with Crippen LogP contribution in [0.3, 0.4) is 0 Å². The van der Waals surface area contributed by atoms with Gasteiger partial charge in [0.15, 0.2) is 0 Å². The van der Waals surface area contributed by atoms with Crippen molar-refractivity contribution in [3.63, 3.8) is 0 Å². The van der Waals surface area contributed by atoms with Gasteiger partial charge in [-0.15, -0.1) is 0 Å². The van der Waals surface area contributed by atoms with Crippen molar-refractivity contribution >= 4 is 5.91 Å². The van der Waals surface area contributed by atoms with Crippen LogP contribution >= 0.6 is 0 Å². The lowest BCUT2D eigenvalue weighted by atomic mass is 10.1. The largest absolute Gasteiger partial charge is 0.352 e. The van der Waals surface area contributed by atoms with Crippen molar-refractivity contribution in [3.05, 3.63) is 70.8 Å². The lowest BCUT2D eigenvalue weighted by molar-refractivity contribution is -0.121. The van der Waals surface area contributed by atoms with E-state index in [9.17, 15) is 4.79 Å². The molecule has 0 saturated heterocycles. The van der Waals surface area contributed by atoms with Crippen LogP contribution in [0.4, 0.5) is 0 Å². The predicted octanol–water partition coefficient (Wildman–Crippen LogP) is 3.94. The summed E-state index contributed by atoms with van der Waals surface area (Å²) in [6.45, 7) is 4.76. The van der Waals surface area contributed by atoms with Crippen LogP contribution in [0.1, 0.15) is 35.1 Å². The minimum atomic E-state index is 0.127. The Hall–Kier alpha value is -2.09. The third-order valence-electron chi connectivity index (χ3n) is 3.60. The van der Waals surface area contributed by atoms with E-state index in [0.29, 0.717) is 13.0 Å². The lowest BCUT2D eigenvalue weighted by Crippen LogP contribution is -2.22. The molecule has 0 heterocycles. The number of benzene rings is 2. The summed E-state index contributed by atoms with van der Waals surface area (Å²) in [6, 6.07) is 16.8. The Morgan fingerprint density at radius 3 is 1.95 bits per heavy atom. The molecule has 2 aromatic rings. The van der Waals surface area contributed by atoms with Crippen LogP contribution in [0.15, 0.2) is 48.5 Å². The lowest BCUT2D eigenvalue weighted by Gasteiger charge is -2.06. The molecule has 110 valence electrons. The zero-order valence-corrected chi connectivity index (χ0v) is 12.9. The molecule has 0 atom stereocenters. The van der Waals surface area contributed by atoms with Gasteiger partial charge in [-0.25, -0.2) is 0 Å². The number of hydrogen-bond acceptors (Lipinski definition) is 1. The first-order chi connectivity index (χ1) is 10.1. The summed E-state index contributed by atoms with van der Waals surface area (Å²) in [6.07, 6.45) is 2.43. The molecular weight excluding hydrogens is 258 g/mol. The molecule has 2 heteroatoms. The van der Waals surface area contributed by atoms with E-state index < -0.39 is 0 Å². The molecule has 0 bridgehead atoms. The first-order valence-electron chi connectivity index (χ1n) is 7.51. The van der Waals surface area contributed by atoms with Crippen LogP contribution < -0.4 is 5.32 Å². The van der Waals surface area contributed by atoms with Crippen molar-refractivity contribution in [2.24, 2.45) is 0 Å². The van der Waals surface area contributed by atoms with E-state index in [1.54, 1.807) is 0 Å². The second-order valence-electron chi connectivity index (χ2n) is 5.60. The van der Waals surface area contributed by atoms with E-state index >= 15 is 0 Å². The molecule has 0 unspecified atom stereocenters. The number of rotatable bonds is 6. The summed E-state index contributed by atoms with van der Waals surface area (Å²) in [5.41, 5.74) is 4.96. The molecule has 2 rings (SSSR count). The van der Waals surface area contributed by atoms with Crippen molar-refractivity contribution < 1.29 is 4.79 Å². The summed E-state index contributed by atoms with van der Waals surface area (Å²) < 4.78 is 0. The molecule has 0 aliphatic heterocycles. The van der Waals surface area contributed by atoms with Gasteiger partial charge in [0, 0.05) is 13.0 Å². The van der Waals surface area contributed by atoms with Gasteiger partial charge in [-0.3, -0.25) is 4.79 Å². The van der Waals surface area contributed by atoms with Crippen molar-refractivity contribution in [1.82, 2.24) is 5.32 Å². The molecule has 0 aromatic heterocycles. The zero-order chi connectivity index (χ0) is 15.1. The van der Waals surface area contributed by atoms with Crippen LogP contribution in [-0.4, -0.2) is 5.91 Å². The maximum Gasteiger partial charge on any atom is 0.220 e. The van der Waals surface area contributed by atoms with E-state index in [0.717, 1.165) is 18.4 Å². The Labute approximate surface area is 127 Å². The molecule has 0 radical (unpaired) electrons. The highest BCUT2D eigenvalue weighted by molar-refractivity contribution is 5.75. The highest BCUT2D eigenvalue weighted by atomic mass is 16.1. The summed E-state index contributed by atoms with van der Waals surface area (Å²) in [5, 5.41) is 2.97. The van der Waals surface area contributed by atoms with E-state index in [1.165, 1.54) is 16.7 Å². The minimum absolute atomic E-state index is 0.127. The fraction of sp³-hybridized carbons (Fsp3) is 0.316. The molecule has 1 N–H and O–H groups in total. The summed E-state index contributed by atoms with van der Waals surface area (Å²) in [4.78, 5) is 11.8. The average molecular weight is 281 g/mol. The number of carbonyl (C=O) groups is 1. The van der Waals surface area contributed by atoms with E-state index in [1.807, 2.05) is 0 Å². The number of aryl methyl sites for hydroxylation is 3. The molecule has 21 heavy (non-hydrogen) atoms. The van der Waals surface area contributed by atoms with Crippen LogP contribution in [-0.2, 0) is 17.8 Å². The summed E-state index contributed by atoms with van der Waals surface area (Å²) in [5.74, 6) is 0.127. The number of hydrogen-bond donors (Lipinski definition) is 1. The monoisotopic (exact) mass is 281 g/mol. The van der Waals surface area contributed by atoms with Crippen LogP contribution in [0.2, 0.25) is 0 Å². The zero-order valence-electron chi connectivity index (χ0n) is 12.9. The van der Waals surface area contributed by atoms with Gasteiger partial charge in [0.25, 0.3) is 0 Å².